The van der Waals surface area contributed by atoms with Crippen LogP contribution in [-0.2, 0) is 16.6 Å². The first-order chi connectivity index (χ1) is 9.39. The van der Waals surface area contributed by atoms with E-state index in [1.165, 1.54) is 11.0 Å². The van der Waals surface area contributed by atoms with Gasteiger partial charge in [-0.1, -0.05) is 47.6 Å². The third-order valence-electron chi connectivity index (χ3n) is 2.77. The molecule has 1 rings (SSSR count). The fourth-order valence-electron chi connectivity index (χ4n) is 1.73. The quantitative estimate of drug-likeness (QED) is 0.778. The van der Waals surface area contributed by atoms with E-state index >= 15 is 0 Å². The highest BCUT2D eigenvalue weighted by molar-refractivity contribution is 7.92. The van der Waals surface area contributed by atoms with Crippen molar-refractivity contribution < 1.29 is 8.42 Å². The van der Waals surface area contributed by atoms with Gasteiger partial charge in [-0.25, -0.2) is 13.1 Å². The number of hydrogen-bond acceptors (Lipinski definition) is 2. The van der Waals surface area contributed by atoms with Crippen molar-refractivity contribution in [2.45, 2.75) is 40.2 Å². The average molecular weight is 293 g/mol. The Morgan fingerprint density at radius 1 is 1.15 bits per heavy atom. The normalized spacial score (nSPS) is 12.2. The molecule has 0 bridgehead atoms. The molecule has 0 amide bonds. The molecular weight excluding hydrogens is 270 g/mol. The van der Waals surface area contributed by atoms with E-state index < -0.39 is 10.0 Å². The summed E-state index contributed by atoms with van der Waals surface area (Å²) in [5, 5.41) is 1.33. The summed E-state index contributed by atoms with van der Waals surface area (Å²) >= 11 is 0. The van der Waals surface area contributed by atoms with Crippen molar-refractivity contribution in [3.63, 3.8) is 0 Å². The zero-order valence-electron chi connectivity index (χ0n) is 12.4. The third-order valence-corrected chi connectivity index (χ3v) is 4.03. The first kappa shape index (κ1) is 16.7. The second-order valence-corrected chi connectivity index (χ2v) is 6.75. The van der Waals surface area contributed by atoms with Crippen LogP contribution in [0.5, 0.6) is 0 Å². The zero-order valence-corrected chi connectivity index (χ0v) is 13.2. The highest BCUT2D eigenvalue weighted by Gasteiger charge is 2.06. The molecule has 0 heterocycles. The summed E-state index contributed by atoms with van der Waals surface area (Å²) in [6.07, 6.45) is 3.75. The van der Waals surface area contributed by atoms with Gasteiger partial charge in [-0.2, -0.15) is 0 Å². The van der Waals surface area contributed by atoms with Gasteiger partial charge in [-0.15, -0.1) is 0 Å². The van der Waals surface area contributed by atoms with E-state index in [2.05, 4.69) is 10.8 Å². The summed E-state index contributed by atoms with van der Waals surface area (Å²) < 4.78 is 26.4. The molecule has 4 heteroatoms. The van der Waals surface area contributed by atoms with Gasteiger partial charge in [0.1, 0.15) is 0 Å². The van der Waals surface area contributed by atoms with Crippen LogP contribution in [0.4, 0.5) is 0 Å². The predicted molar refractivity (Wildman–Crippen MR) is 84.6 cm³/mol. The molecule has 0 spiro atoms. The van der Waals surface area contributed by atoms with Crippen LogP contribution >= 0.6 is 0 Å². The van der Waals surface area contributed by atoms with Crippen molar-refractivity contribution in [3.8, 4) is 0 Å². The Kier molecular flexibility index (Phi) is 6.68. The molecule has 0 fully saturated rings. The molecule has 110 valence electrons. The fraction of sp³-hybridized carbons (Fsp3) is 0.375. The van der Waals surface area contributed by atoms with Gasteiger partial charge >= 0.3 is 0 Å². The maximum atomic E-state index is 11.9. The summed E-state index contributed by atoms with van der Waals surface area (Å²) in [5.41, 5.74) is 3.07. The highest BCUT2D eigenvalue weighted by Crippen LogP contribution is 2.09. The molecule has 1 N–H and O–H groups in total. The molecule has 0 aliphatic rings. The SMILES string of the molecule is CC(C)=CCC/C(C)=C/S(=O)(=O)NCc1ccccc1. The van der Waals surface area contributed by atoms with Gasteiger partial charge in [0.2, 0.25) is 10.0 Å². The van der Waals surface area contributed by atoms with E-state index in [9.17, 15) is 8.42 Å². The van der Waals surface area contributed by atoms with Crippen molar-refractivity contribution in [3.05, 3.63) is 58.5 Å². The van der Waals surface area contributed by atoms with Gasteiger partial charge in [-0.05, 0) is 39.2 Å². The standard InChI is InChI=1S/C16H23NO2S/c1-14(2)8-7-9-15(3)13-20(18,19)17-12-16-10-5-4-6-11-16/h4-6,8,10-11,13,17H,7,9,12H2,1-3H3/b15-13+. The number of hydrogen-bond donors (Lipinski definition) is 1. The first-order valence-corrected chi connectivity index (χ1v) is 8.28. The molecule has 0 aliphatic heterocycles. The lowest BCUT2D eigenvalue weighted by atomic mass is 10.1. The van der Waals surface area contributed by atoms with Gasteiger partial charge in [0.05, 0.1) is 0 Å². The Morgan fingerprint density at radius 3 is 2.40 bits per heavy atom. The summed E-state index contributed by atoms with van der Waals surface area (Å²) in [4.78, 5) is 0. The van der Waals surface area contributed by atoms with Gasteiger partial charge in [0.15, 0.2) is 0 Å². The Hall–Kier alpha value is -1.39. The van der Waals surface area contributed by atoms with Crippen LogP contribution in [0.15, 0.2) is 53.0 Å². The van der Waals surface area contributed by atoms with Crippen LogP contribution in [0.2, 0.25) is 0 Å². The molecule has 1 aromatic carbocycles. The topological polar surface area (TPSA) is 46.2 Å². The lowest BCUT2D eigenvalue weighted by Gasteiger charge is -2.04. The molecule has 0 saturated heterocycles. The third kappa shape index (κ3) is 7.26. The highest BCUT2D eigenvalue weighted by atomic mass is 32.2. The maximum Gasteiger partial charge on any atom is 0.233 e. The minimum Gasteiger partial charge on any atom is -0.208 e. The molecule has 0 radical (unpaired) electrons. The van der Waals surface area contributed by atoms with Gasteiger partial charge in [0.25, 0.3) is 0 Å². The first-order valence-electron chi connectivity index (χ1n) is 6.73. The Labute approximate surface area is 122 Å². The van der Waals surface area contributed by atoms with E-state index in [1.54, 1.807) is 0 Å². The molecular formula is C16H23NO2S. The summed E-state index contributed by atoms with van der Waals surface area (Å²) in [7, 11) is -3.36. The van der Waals surface area contributed by atoms with E-state index in [1.807, 2.05) is 51.1 Å². The summed E-state index contributed by atoms with van der Waals surface area (Å²) in [6, 6.07) is 9.49. The van der Waals surface area contributed by atoms with Crippen molar-refractivity contribution in [2.24, 2.45) is 0 Å². The smallest absolute Gasteiger partial charge is 0.208 e. The van der Waals surface area contributed by atoms with Crippen LogP contribution in [0.1, 0.15) is 39.2 Å². The van der Waals surface area contributed by atoms with Crippen molar-refractivity contribution in [2.75, 3.05) is 0 Å². The molecule has 0 aromatic heterocycles. The minimum atomic E-state index is -3.36. The second-order valence-electron chi connectivity index (χ2n) is 5.14. The Balaban J connectivity index is 2.53. The van der Waals surface area contributed by atoms with Crippen molar-refractivity contribution >= 4 is 10.0 Å². The van der Waals surface area contributed by atoms with E-state index in [0.29, 0.717) is 6.54 Å². The van der Waals surface area contributed by atoms with Crippen LogP contribution in [0, 0.1) is 0 Å². The fourth-order valence-corrected chi connectivity index (χ4v) is 2.83. The van der Waals surface area contributed by atoms with Crippen LogP contribution in [0.25, 0.3) is 0 Å². The monoisotopic (exact) mass is 293 g/mol. The van der Waals surface area contributed by atoms with Crippen LogP contribution in [0.3, 0.4) is 0 Å². The summed E-state index contributed by atoms with van der Waals surface area (Å²) in [6.45, 7) is 6.25. The Bertz CT molecular complexity index is 568. The lowest BCUT2D eigenvalue weighted by Crippen LogP contribution is -2.21. The Morgan fingerprint density at radius 2 is 1.80 bits per heavy atom. The maximum absolute atomic E-state index is 11.9. The number of sulfonamides is 1. The van der Waals surface area contributed by atoms with Crippen molar-refractivity contribution in [1.29, 1.82) is 0 Å². The van der Waals surface area contributed by atoms with E-state index in [-0.39, 0.29) is 0 Å². The number of rotatable bonds is 7. The van der Waals surface area contributed by atoms with Gasteiger partial charge in [0, 0.05) is 12.0 Å². The number of allylic oxidation sites excluding steroid dienone is 3. The number of nitrogens with one attached hydrogen (secondary N) is 1. The zero-order chi connectivity index (χ0) is 15.0. The molecule has 1 aromatic rings. The van der Waals surface area contributed by atoms with E-state index in [4.69, 9.17) is 0 Å². The summed E-state index contributed by atoms with van der Waals surface area (Å²) in [5.74, 6) is 0. The van der Waals surface area contributed by atoms with E-state index in [0.717, 1.165) is 24.0 Å². The minimum absolute atomic E-state index is 0.320. The lowest BCUT2D eigenvalue weighted by molar-refractivity contribution is 0.590. The van der Waals surface area contributed by atoms with Gasteiger partial charge in [-0.3, -0.25) is 0 Å². The second kappa shape index (κ2) is 8.02. The molecule has 0 unspecified atom stereocenters. The number of benzene rings is 1. The molecule has 0 saturated carbocycles. The molecule has 20 heavy (non-hydrogen) atoms. The van der Waals surface area contributed by atoms with Crippen molar-refractivity contribution in [1.82, 2.24) is 4.72 Å². The predicted octanol–water partition coefficient (Wildman–Crippen LogP) is 3.76. The average Bonchev–Trinajstić information content (AvgIpc) is 2.37. The molecule has 0 aliphatic carbocycles. The van der Waals surface area contributed by atoms with Gasteiger partial charge < -0.3 is 0 Å². The van der Waals surface area contributed by atoms with Crippen LogP contribution < -0.4 is 4.72 Å². The van der Waals surface area contributed by atoms with Crippen LogP contribution in [-0.4, -0.2) is 8.42 Å². The largest absolute Gasteiger partial charge is 0.233 e. The molecule has 3 nitrogen and oxygen atoms in total. The molecule has 0 atom stereocenters.